The molecule has 4 N–H and O–H groups in total. The van der Waals surface area contributed by atoms with Crippen LogP contribution in [-0.4, -0.2) is 21.0 Å². The van der Waals surface area contributed by atoms with Gasteiger partial charge < -0.3 is 0 Å². The lowest BCUT2D eigenvalue weighted by Crippen LogP contribution is -1.29. The summed E-state index contributed by atoms with van der Waals surface area (Å²) in [6.45, 7) is 0. The normalized spacial score (nSPS) is 2.50. The maximum atomic E-state index is 7.00. The van der Waals surface area contributed by atoms with Gasteiger partial charge in [0.25, 0.3) is 0 Å². The standard InChI is InChI=1S/2H2O2.2O2.2H2/c4*1-2;;/h2*1-2H;;;2*1H/i;;;;2*1+1. The van der Waals surface area contributed by atoms with Gasteiger partial charge in [0.05, 0.1) is 0 Å². The van der Waals surface area contributed by atoms with Gasteiger partial charge in [-0.25, -0.2) is 0 Å². The van der Waals surface area contributed by atoms with E-state index in [0.29, 0.717) is 0 Å². The fraction of sp³-hybridized carbons (Fsp3) is 0. The number of rotatable bonds is 0. The first-order valence-electron chi connectivity index (χ1n) is 0.733. The summed E-state index contributed by atoms with van der Waals surface area (Å²) in [7, 11) is 0. The number of hydrogen-bond donors (Lipinski definition) is 4. The summed E-state index contributed by atoms with van der Waals surface area (Å²) >= 11 is 0. The van der Waals surface area contributed by atoms with Crippen molar-refractivity contribution >= 4 is 0 Å². The third kappa shape index (κ3) is 89.3. The van der Waals surface area contributed by atoms with E-state index in [2.05, 4.69) is 0 Å². The highest BCUT2D eigenvalue weighted by Crippen LogP contribution is 0.743. The summed E-state index contributed by atoms with van der Waals surface area (Å²) in [5, 5.41) is 24.0. The molecular weight excluding hydrogens is 128 g/mol. The zero-order chi connectivity index (χ0) is 8.00. The van der Waals surface area contributed by atoms with Gasteiger partial charge >= 0.3 is 0 Å². The third-order valence-electron chi connectivity index (χ3n) is 0. The van der Waals surface area contributed by atoms with Crippen LogP contribution < -0.4 is 0 Å². The minimum Gasteiger partial charge on any atom is -0.255 e. The molecule has 0 fully saturated rings. The van der Waals surface area contributed by atoms with Crippen molar-refractivity contribution in [1.29, 1.82) is 0 Å². The second-order valence-electron chi connectivity index (χ2n) is 0. The molecule has 8 heteroatoms. The molecule has 8 heavy (non-hydrogen) atoms. The molecule has 8 nitrogen and oxygen atoms in total. The predicted molar refractivity (Wildman–Crippen MR) is 28.2 cm³/mol. The summed E-state index contributed by atoms with van der Waals surface area (Å²) in [5.74, 6) is 0. The summed E-state index contributed by atoms with van der Waals surface area (Å²) in [6, 6.07) is 0. The molecule has 56 valence electrons. The van der Waals surface area contributed by atoms with E-state index in [1.54, 1.807) is 0 Å². The van der Waals surface area contributed by atoms with E-state index >= 15 is 0 Å². The van der Waals surface area contributed by atoms with Crippen molar-refractivity contribution in [3.63, 3.8) is 0 Å². The van der Waals surface area contributed by atoms with Crippen molar-refractivity contribution < 1.29 is 23.9 Å². The van der Waals surface area contributed by atoms with Crippen molar-refractivity contribution in [1.82, 2.24) is 0 Å². The molecule has 0 aliphatic carbocycles. The summed E-state index contributed by atoms with van der Waals surface area (Å²) in [5.41, 5.74) is 0. The fourth-order valence-electron chi connectivity index (χ4n) is 0. The lowest BCUT2D eigenvalue weighted by Gasteiger charge is -1.25. The van der Waals surface area contributed by atoms with Crippen molar-refractivity contribution in [3.8, 4) is 0 Å². The van der Waals surface area contributed by atoms with Crippen molar-refractivity contribution in [2.75, 3.05) is 0 Å². The van der Waals surface area contributed by atoms with Crippen LogP contribution >= 0.6 is 0 Å². The quantitative estimate of drug-likeness (QED) is 0.281. The second kappa shape index (κ2) is 166. The first kappa shape index (κ1) is 27.8. The Morgan fingerprint density at radius 2 is 0.625 bits per heavy atom. The van der Waals surface area contributed by atoms with Crippen LogP contribution in [0.5, 0.6) is 0 Å². The summed E-state index contributed by atoms with van der Waals surface area (Å²) < 4.78 is 0. The van der Waals surface area contributed by atoms with Crippen LogP contribution in [0.25, 0.3) is 0 Å². The number of hydrogen-bond acceptors (Lipinski definition) is 8. The van der Waals surface area contributed by atoms with Gasteiger partial charge in [-0.05, 0) is 0 Å². The Morgan fingerprint density at radius 3 is 0.625 bits per heavy atom. The Labute approximate surface area is 45.3 Å². The molecule has 0 radical (unpaired) electrons. The predicted octanol–water partition coefficient (Wildman–Crippen LogP) is 0.661. The van der Waals surface area contributed by atoms with Gasteiger partial charge in [0, 0.05) is 22.7 Å². The molecule has 0 atom stereocenters. The highest BCUT2D eigenvalue weighted by molar-refractivity contribution is 4.08. The summed E-state index contributed by atoms with van der Waals surface area (Å²) in [6.07, 6.45) is 0. The molecule has 0 aromatic rings. The molecule has 0 rings (SSSR count). The van der Waals surface area contributed by atoms with Gasteiger partial charge in [-0.15, -0.1) is 0 Å². The van der Waals surface area contributed by atoms with Gasteiger partial charge in [0.15, 0.2) is 0 Å². The Morgan fingerprint density at radius 1 is 0.625 bits per heavy atom. The molecule has 0 heterocycles. The van der Waals surface area contributed by atoms with Gasteiger partial charge in [0.1, 0.15) is 0 Å². The van der Waals surface area contributed by atoms with Crippen LogP contribution in [0.3, 0.4) is 0 Å². The van der Waals surface area contributed by atoms with Crippen LogP contribution in [0.4, 0.5) is 0 Å². The SMILES string of the molecule is O=O.O=O.OO.OO.[2HH].[2HH]. The highest BCUT2D eigenvalue weighted by Gasteiger charge is 0.748. The van der Waals surface area contributed by atoms with Crippen molar-refractivity contribution in [2.45, 2.75) is 0 Å². The van der Waals surface area contributed by atoms with E-state index < -0.39 is 0 Å². The Kier molecular flexibility index (Phi) is 578. The Bertz CT molecular complexity index is 9.22. The minimum atomic E-state index is 0. The molecule has 0 saturated carbocycles. The second-order valence-corrected chi connectivity index (χ2v) is 0. The zero-order valence-corrected chi connectivity index (χ0v) is 3.42. The molecule has 0 amide bonds. The molecule has 0 saturated heterocycles. The molecule has 0 unspecified atom stereocenters. The largest absolute Gasteiger partial charge is 0.255 e. The Hall–Kier alpha value is -0.960. The minimum absolute atomic E-state index is 0. The van der Waals surface area contributed by atoms with Gasteiger partial charge in [-0.1, -0.05) is 0 Å². The zero-order valence-electron chi connectivity index (χ0n) is 3.42. The molecule has 0 aliphatic heterocycles. The van der Waals surface area contributed by atoms with Crippen LogP contribution in [0.2, 0.25) is 0 Å². The summed E-state index contributed by atoms with van der Waals surface area (Å²) in [4.78, 5) is 28.0. The van der Waals surface area contributed by atoms with Gasteiger partial charge in [0.2, 0.25) is 0 Å². The molecular formula is H8O8. The van der Waals surface area contributed by atoms with Crippen LogP contribution in [-0.2, 0) is 0 Å². The lowest BCUT2D eigenvalue weighted by atomic mass is 15.0. The maximum absolute atomic E-state index is 7.00. The monoisotopic (exact) mass is 138 g/mol. The van der Waals surface area contributed by atoms with E-state index in [-0.39, 0.29) is 2.85 Å². The van der Waals surface area contributed by atoms with Gasteiger partial charge in [-0.2, -0.15) is 0 Å². The van der Waals surface area contributed by atoms with Crippen LogP contribution in [0.15, 0.2) is 0 Å². The van der Waals surface area contributed by atoms with Crippen LogP contribution in [0.1, 0.15) is 2.85 Å². The molecule has 0 aromatic heterocycles. The smallest absolute Gasteiger partial charge is 0 e. The average Bonchev–Trinajstić information content (AvgIpc) is 2.03. The fourth-order valence-corrected chi connectivity index (χ4v) is 0. The average molecular weight is 138 g/mol. The Balaban J connectivity index is -0.00000000500. The topological polar surface area (TPSA) is 149 Å². The molecule has 0 bridgehead atoms. The molecule has 0 spiro atoms. The first-order chi connectivity index (χ1) is 4.00. The highest BCUT2D eigenvalue weighted by atomic mass is 17.0. The van der Waals surface area contributed by atoms with E-state index in [1.807, 2.05) is 0 Å². The van der Waals surface area contributed by atoms with E-state index in [1.165, 1.54) is 0 Å². The lowest BCUT2D eigenvalue weighted by molar-refractivity contribution is -0.176. The van der Waals surface area contributed by atoms with E-state index in [0.717, 1.165) is 0 Å². The van der Waals surface area contributed by atoms with Crippen molar-refractivity contribution in [2.24, 2.45) is 0 Å². The van der Waals surface area contributed by atoms with E-state index in [9.17, 15) is 0 Å². The van der Waals surface area contributed by atoms with Crippen LogP contribution in [0, 0.1) is 19.9 Å². The first-order valence-corrected chi connectivity index (χ1v) is 0.733. The van der Waals surface area contributed by atoms with Gasteiger partial charge in [-0.3, -0.25) is 21.0 Å². The van der Waals surface area contributed by atoms with Crippen molar-refractivity contribution in [3.05, 3.63) is 19.9 Å². The maximum Gasteiger partial charge on any atom is 0 e. The molecule has 0 aliphatic rings. The molecule has 0 aromatic carbocycles. The van der Waals surface area contributed by atoms with E-state index in [4.69, 9.17) is 40.9 Å². The third-order valence-corrected chi connectivity index (χ3v) is 0.